The van der Waals surface area contributed by atoms with Gasteiger partial charge < -0.3 is 30.3 Å². The van der Waals surface area contributed by atoms with Gasteiger partial charge in [-0.2, -0.15) is 11.8 Å². The summed E-state index contributed by atoms with van der Waals surface area (Å²) in [6, 6.07) is 24.5. The predicted molar refractivity (Wildman–Crippen MR) is 181 cm³/mol. The van der Waals surface area contributed by atoms with Crippen molar-refractivity contribution >= 4 is 17.8 Å². The van der Waals surface area contributed by atoms with Crippen molar-refractivity contribution in [1.29, 1.82) is 0 Å². The third kappa shape index (κ3) is 7.32. The first-order chi connectivity index (χ1) is 22.5. The quantitative estimate of drug-likeness (QED) is 0.170. The van der Waals surface area contributed by atoms with Crippen LogP contribution in [0.25, 0.3) is 11.1 Å². The number of carbonyl (C=O) groups is 1. The van der Waals surface area contributed by atoms with Crippen LogP contribution < -0.4 is 10.6 Å². The van der Waals surface area contributed by atoms with Crippen LogP contribution in [0.4, 0.5) is 4.79 Å². The van der Waals surface area contributed by atoms with Gasteiger partial charge in [-0.1, -0.05) is 60.7 Å². The zero-order valence-corrected chi connectivity index (χ0v) is 27.2. The zero-order valence-electron chi connectivity index (χ0n) is 26.4. The minimum atomic E-state index is -0.533. The minimum absolute atomic E-state index is 0.00278. The van der Waals surface area contributed by atoms with Gasteiger partial charge in [0.1, 0.15) is 0 Å². The Morgan fingerprint density at radius 2 is 1.50 bits per heavy atom. The van der Waals surface area contributed by atoms with Gasteiger partial charge in [0.2, 0.25) is 0 Å². The second-order valence-corrected chi connectivity index (χ2v) is 15.1. The van der Waals surface area contributed by atoms with Crippen LogP contribution in [0.1, 0.15) is 79.6 Å². The number of thioether (sulfide) groups is 1. The maximum Gasteiger partial charge on any atom is 0.315 e. The molecule has 5 fully saturated rings. The van der Waals surface area contributed by atoms with Gasteiger partial charge in [-0.25, -0.2) is 4.79 Å². The fourth-order valence-corrected chi connectivity index (χ4v) is 9.53. The molecule has 8 rings (SSSR count). The van der Waals surface area contributed by atoms with Crippen LogP contribution in [0.5, 0.6) is 0 Å². The molecule has 0 radical (unpaired) electrons. The molecule has 5 aliphatic rings. The predicted octanol–water partition coefficient (Wildman–Crippen LogP) is 6.88. The second-order valence-electron chi connectivity index (χ2n) is 14.0. The summed E-state index contributed by atoms with van der Waals surface area (Å²) in [5.41, 5.74) is 6.07. The van der Waals surface area contributed by atoms with Gasteiger partial charge in [0.15, 0.2) is 6.29 Å². The number of urea groups is 1. The number of hydrogen-bond acceptors (Lipinski definition) is 6. The summed E-state index contributed by atoms with van der Waals surface area (Å²) in [4.78, 5) is 13.1. The van der Waals surface area contributed by atoms with Gasteiger partial charge in [0.05, 0.1) is 25.4 Å². The molecule has 4 N–H and O–H groups in total. The Balaban J connectivity index is 1.02. The Labute approximate surface area is 276 Å². The van der Waals surface area contributed by atoms with Gasteiger partial charge >= 0.3 is 6.03 Å². The highest BCUT2D eigenvalue weighted by atomic mass is 32.2. The Hall–Kier alpha value is -2.88. The lowest BCUT2D eigenvalue weighted by Crippen LogP contribution is -2.61. The fraction of sp³-hybridized carbons (Fsp3) is 0.500. The first-order valence-electron chi connectivity index (χ1n) is 16.9. The van der Waals surface area contributed by atoms with E-state index in [0.29, 0.717) is 12.3 Å². The van der Waals surface area contributed by atoms with Crippen LogP contribution in [0.15, 0.2) is 72.8 Å². The Morgan fingerprint density at radius 3 is 2.20 bits per heavy atom. The van der Waals surface area contributed by atoms with E-state index < -0.39 is 6.29 Å². The Morgan fingerprint density at radius 1 is 0.804 bits per heavy atom. The van der Waals surface area contributed by atoms with E-state index >= 15 is 0 Å². The molecular weight excluding hydrogens is 596 g/mol. The second kappa shape index (κ2) is 14.1. The van der Waals surface area contributed by atoms with Gasteiger partial charge in [0, 0.05) is 35.6 Å². The van der Waals surface area contributed by atoms with Crippen LogP contribution in [-0.2, 0) is 22.6 Å². The molecular formula is C38H46N2O5S. The van der Waals surface area contributed by atoms with Crippen molar-refractivity contribution in [1.82, 2.24) is 10.6 Å². The first-order valence-corrected chi connectivity index (χ1v) is 18.1. The summed E-state index contributed by atoms with van der Waals surface area (Å²) in [5.74, 6) is 3.83. The summed E-state index contributed by atoms with van der Waals surface area (Å²) in [6.07, 6.45) is 7.53. The molecule has 4 bridgehead atoms. The maximum atomic E-state index is 13.1. The topological polar surface area (TPSA) is 100 Å². The summed E-state index contributed by atoms with van der Waals surface area (Å²) >= 11 is 1.69. The highest BCUT2D eigenvalue weighted by Gasteiger charge is 2.51. The molecule has 4 saturated carbocycles. The van der Waals surface area contributed by atoms with Crippen molar-refractivity contribution in [2.24, 2.45) is 17.8 Å². The molecule has 0 aromatic heterocycles. The number of nitrogens with one attached hydrogen (secondary N) is 2. The van der Waals surface area contributed by atoms with E-state index in [9.17, 15) is 15.0 Å². The third-order valence-corrected chi connectivity index (χ3v) is 11.5. The van der Waals surface area contributed by atoms with E-state index in [1.807, 2.05) is 42.5 Å². The van der Waals surface area contributed by atoms with E-state index in [-0.39, 0.29) is 37.0 Å². The molecule has 1 heterocycles. The summed E-state index contributed by atoms with van der Waals surface area (Å²) < 4.78 is 13.0. The molecule has 3 aromatic carbocycles. The molecule has 1 aliphatic heterocycles. The smallest absolute Gasteiger partial charge is 0.315 e. The number of benzene rings is 3. The maximum absolute atomic E-state index is 13.1. The molecule has 3 atom stereocenters. The average molecular weight is 643 g/mol. The highest BCUT2D eigenvalue weighted by Crippen LogP contribution is 2.55. The number of ether oxygens (including phenoxy) is 2. The lowest BCUT2D eigenvalue weighted by atomic mass is 9.53. The van der Waals surface area contributed by atoms with Crippen LogP contribution in [0, 0.1) is 17.8 Å². The molecule has 4 aliphatic carbocycles. The van der Waals surface area contributed by atoms with Crippen LogP contribution in [-0.4, -0.2) is 46.0 Å². The number of hydrogen-bond donors (Lipinski definition) is 4. The standard InChI is InChI=1S/C38H46N2O5S/c41-11-12-46-24-34-18-35(30-9-7-25(23-42)8-10-30)45-36(44-34)33-6-2-5-32(17-33)31-4-1-3-26(16-31)22-39-37(43)40-38-19-27-13-28(20-38)15-29(14-27)21-38/h1-10,16-17,27-29,34-36,41-42H,11-15,18-24H2,(H2,39,40,43)/t27?,28?,29?,34-,35+,36+,38?/m1/s1. The normalized spacial score (nSPS) is 29.9. The Kier molecular flexibility index (Phi) is 9.70. The van der Waals surface area contributed by atoms with Gasteiger partial charge in [-0.3, -0.25) is 0 Å². The average Bonchev–Trinajstić information content (AvgIpc) is 3.07. The summed E-state index contributed by atoms with van der Waals surface area (Å²) in [5, 5.41) is 25.4. The van der Waals surface area contributed by atoms with E-state index in [2.05, 4.69) is 41.0 Å². The fourth-order valence-electron chi connectivity index (χ4n) is 8.76. The van der Waals surface area contributed by atoms with E-state index in [1.54, 1.807) is 11.8 Å². The number of aliphatic hydroxyl groups excluding tert-OH is 2. The van der Waals surface area contributed by atoms with Crippen LogP contribution >= 0.6 is 11.8 Å². The van der Waals surface area contributed by atoms with E-state index in [1.165, 1.54) is 19.3 Å². The Bertz CT molecular complexity index is 1460. The molecule has 46 heavy (non-hydrogen) atoms. The molecule has 8 heteroatoms. The molecule has 3 aromatic rings. The van der Waals surface area contributed by atoms with E-state index in [0.717, 1.165) is 82.6 Å². The van der Waals surface area contributed by atoms with Crippen molar-refractivity contribution in [3.8, 4) is 11.1 Å². The largest absolute Gasteiger partial charge is 0.396 e. The first kappa shape index (κ1) is 31.7. The minimum Gasteiger partial charge on any atom is -0.396 e. The zero-order chi connectivity index (χ0) is 31.5. The van der Waals surface area contributed by atoms with Gasteiger partial charge in [0.25, 0.3) is 0 Å². The molecule has 0 spiro atoms. The lowest BCUT2D eigenvalue weighted by Gasteiger charge is -2.56. The number of carbonyl (C=O) groups excluding carboxylic acids is 1. The van der Waals surface area contributed by atoms with Crippen molar-refractivity contribution < 1.29 is 24.5 Å². The van der Waals surface area contributed by atoms with Crippen molar-refractivity contribution in [3.05, 3.63) is 95.1 Å². The van der Waals surface area contributed by atoms with Crippen LogP contribution in [0.2, 0.25) is 0 Å². The molecule has 244 valence electrons. The number of rotatable bonds is 11. The number of amides is 2. The summed E-state index contributed by atoms with van der Waals surface area (Å²) in [6.45, 7) is 0.633. The molecule has 1 saturated heterocycles. The van der Waals surface area contributed by atoms with Gasteiger partial charge in [-0.05, 0) is 96.2 Å². The van der Waals surface area contributed by atoms with Gasteiger partial charge in [-0.15, -0.1) is 0 Å². The van der Waals surface area contributed by atoms with Crippen molar-refractivity contribution in [2.75, 3.05) is 18.1 Å². The third-order valence-electron chi connectivity index (χ3n) is 10.4. The highest BCUT2D eigenvalue weighted by molar-refractivity contribution is 7.99. The number of aliphatic hydroxyl groups is 2. The summed E-state index contributed by atoms with van der Waals surface area (Å²) in [7, 11) is 0. The molecule has 0 unspecified atom stereocenters. The molecule has 2 amide bonds. The van der Waals surface area contributed by atoms with E-state index in [4.69, 9.17) is 9.47 Å². The molecule has 7 nitrogen and oxygen atoms in total. The van der Waals surface area contributed by atoms with Crippen molar-refractivity contribution in [2.45, 2.75) is 82.1 Å². The lowest BCUT2D eigenvalue weighted by molar-refractivity contribution is -0.245. The van der Waals surface area contributed by atoms with Crippen molar-refractivity contribution in [3.63, 3.8) is 0 Å². The van der Waals surface area contributed by atoms with Crippen LogP contribution in [0.3, 0.4) is 0 Å². The monoisotopic (exact) mass is 642 g/mol. The SMILES string of the molecule is O=C(NCc1cccc(-c2cccc([C@H]3O[C@@H](CSCCO)C[C@@H](c4ccc(CO)cc4)O3)c2)c1)NC12CC3CC(CC(C3)C1)C2.